The van der Waals surface area contributed by atoms with Gasteiger partial charge in [0.05, 0.1) is 12.0 Å². The standard InChI is InChI=1S/C17H17NO4/c1-11(2)12-4-6-13(7-5-12)17(19)15-10-14(22-3)8-9-16(15)18(20)21/h4-11H,1-3H3. The summed E-state index contributed by atoms with van der Waals surface area (Å²) in [6, 6.07) is 11.3. The molecule has 0 aliphatic carbocycles. The number of benzene rings is 2. The largest absolute Gasteiger partial charge is 0.497 e. The molecule has 2 aromatic carbocycles. The van der Waals surface area contributed by atoms with Crippen LogP contribution >= 0.6 is 0 Å². The van der Waals surface area contributed by atoms with E-state index in [9.17, 15) is 14.9 Å². The summed E-state index contributed by atoms with van der Waals surface area (Å²) in [5.41, 5.74) is 1.33. The lowest BCUT2D eigenvalue weighted by Crippen LogP contribution is -2.06. The van der Waals surface area contributed by atoms with Gasteiger partial charge in [-0.05, 0) is 23.6 Å². The zero-order chi connectivity index (χ0) is 16.3. The van der Waals surface area contributed by atoms with Crippen molar-refractivity contribution in [2.24, 2.45) is 0 Å². The molecule has 0 heterocycles. The third-order valence-corrected chi connectivity index (χ3v) is 3.48. The van der Waals surface area contributed by atoms with Crippen molar-refractivity contribution in [1.29, 1.82) is 0 Å². The van der Waals surface area contributed by atoms with Crippen LogP contribution in [-0.4, -0.2) is 17.8 Å². The molecule has 0 saturated carbocycles. The predicted octanol–water partition coefficient (Wildman–Crippen LogP) is 3.96. The molecule has 0 atom stereocenters. The van der Waals surface area contributed by atoms with Crippen LogP contribution in [-0.2, 0) is 0 Å². The van der Waals surface area contributed by atoms with Gasteiger partial charge in [-0.1, -0.05) is 38.1 Å². The molecule has 22 heavy (non-hydrogen) atoms. The Hall–Kier alpha value is -2.69. The van der Waals surface area contributed by atoms with Crippen molar-refractivity contribution in [3.05, 3.63) is 69.3 Å². The highest BCUT2D eigenvalue weighted by atomic mass is 16.6. The van der Waals surface area contributed by atoms with E-state index >= 15 is 0 Å². The number of nitro benzene ring substituents is 1. The number of nitro groups is 1. The molecule has 0 spiro atoms. The van der Waals surface area contributed by atoms with E-state index in [4.69, 9.17) is 4.74 Å². The van der Waals surface area contributed by atoms with Crippen LogP contribution in [0.1, 0.15) is 41.3 Å². The van der Waals surface area contributed by atoms with Crippen LogP contribution in [0.4, 0.5) is 5.69 Å². The molecule has 0 aliphatic heterocycles. The SMILES string of the molecule is COc1ccc([N+](=O)[O-])c(C(=O)c2ccc(C(C)C)cc2)c1. The number of ketones is 1. The number of ether oxygens (including phenoxy) is 1. The summed E-state index contributed by atoms with van der Waals surface area (Å²) in [6.07, 6.45) is 0. The van der Waals surface area contributed by atoms with Gasteiger partial charge in [-0.25, -0.2) is 0 Å². The van der Waals surface area contributed by atoms with Crippen molar-refractivity contribution in [2.75, 3.05) is 7.11 Å². The average molecular weight is 299 g/mol. The second-order valence-electron chi connectivity index (χ2n) is 5.25. The molecule has 0 aliphatic rings. The van der Waals surface area contributed by atoms with Crippen LogP contribution in [0.15, 0.2) is 42.5 Å². The topological polar surface area (TPSA) is 69.4 Å². The van der Waals surface area contributed by atoms with Gasteiger partial charge in [-0.2, -0.15) is 0 Å². The number of methoxy groups -OCH3 is 1. The fourth-order valence-electron chi connectivity index (χ4n) is 2.16. The summed E-state index contributed by atoms with van der Waals surface area (Å²) in [6.45, 7) is 4.12. The molecule has 0 aromatic heterocycles. The second-order valence-corrected chi connectivity index (χ2v) is 5.25. The van der Waals surface area contributed by atoms with Gasteiger partial charge in [-0.3, -0.25) is 14.9 Å². The Labute approximate surface area is 128 Å². The Morgan fingerprint density at radius 3 is 2.27 bits per heavy atom. The number of carbonyl (C=O) groups is 1. The molecule has 0 fully saturated rings. The average Bonchev–Trinajstić information content (AvgIpc) is 2.53. The van der Waals surface area contributed by atoms with E-state index in [0.717, 1.165) is 5.56 Å². The van der Waals surface area contributed by atoms with E-state index in [1.165, 1.54) is 25.3 Å². The normalized spacial score (nSPS) is 10.5. The van der Waals surface area contributed by atoms with Crippen molar-refractivity contribution >= 4 is 11.5 Å². The molecule has 5 heteroatoms. The van der Waals surface area contributed by atoms with Gasteiger partial charge in [0.15, 0.2) is 5.78 Å². The van der Waals surface area contributed by atoms with Gasteiger partial charge in [0, 0.05) is 11.6 Å². The molecular weight excluding hydrogens is 282 g/mol. The molecule has 0 saturated heterocycles. The first-order valence-corrected chi connectivity index (χ1v) is 6.91. The van der Waals surface area contributed by atoms with E-state index in [1.807, 2.05) is 12.1 Å². The molecule has 0 radical (unpaired) electrons. The summed E-state index contributed by atoms with van der Waals surface area (Å²) in [5.74, 6) is 0.379. The summed E-state index contributed by atoms with van der Waals surface area (Å²) in [7, 11) is 1.45. The molecule has 0 bridgehead atoms. The van der Waals surface area contributed by atoms with Gasteiger partial charge in [0.1, 0.15) is 11.3 Å². The number of hydrogen-bond donors (Lipinski definition) is 0. The summed E-state index contributed by atoms with van der Waals surface area (Å²) in [5, 5.41) is 11.1. The molecule has 0 unspecified atom stereocenters. The minimum atomic E-state index is -0.560. The van der Waals surface area contributed by atoms with Crippen molar-refractivity contribution < 1.29 is 14.5 Å². The molecule has 2 rings (SSSR count). The zero-order valence-corrected chi connectivity index (χ0v) is 12.7. The van der Waals surface area contributed by atoms with Gasteiger partial charge >= 0.3 is 0 Å². The Kier molecular flexibility index (Phi) is 4.56. The summed E-state index contributed by atoms with van der Waals surface area (Å²) < 4.78 is 5.05. The van der Waals surface area contributed by atoms with E-state index in [1.54, 1.807) is 12.1 Å². The third kappa shape index (κ3) is 3.14. The molecule has 114 valence electrons. The molecule has 2 aromatic rings. The van der Waals surface area contributed by atoms with E-state index in [0.29, 0.717) is 17.2 Å². The highest BCUT2D eigenvalue weighted by Crippen LogP contribution is 2.27. The van der Waals surface area contributed by atoms with Crippen LogP contribution in [0.2, 0.25) is 0 Å². The van der Waals surface area contributed by atoms with Gasteiger partial charge in [0.25, 0.3) is 5.69 Å². The first-order chi connectivity index (χ1) is 10.4. The van der Waals surface area contributed by atoms with Gasteiger partial charge < -0.3 is 4.74 Å². The lowest BCUT2D eigenvalue weighted by Gasteiger charge is -2.08. The second kappa shape index (κ2) is 6.39. The monoisotopic (exact) mass is 299 g/mol. The minimum absolute atomic E-state index is 0.0293. The summed E-state index contributed by atoms with van der Waals surface area (Å²) >= 11 is 0. The van der Waals surface area contributed by atoms with Crippen molar-refractivity contribution in [3.63, 3.8) is 0 Å². The quantitative estimate of drug-likeness (QED) is 0.476. The van der Waals surface area contributed by atoms with E-state index in [2.05, 4.69) is 13.8 Å². The maximum Gasteiger partial charge on any atom is 0.280 e. The van der Waals surface area contributed by atoms with Crippen LogP contribution in [0, 0.1) is 10.1 Å². The number of rotatable bonds is 5. The highest BCUT2D eigenvalue weighted by Gasteiger charge is 2.22. The molecule has 0 N–H and O–H groups in total. The fourth-order valence-corrected chi connectivity index (χ4v) is 2.16. The smallest absolute Gasteiger partial charge is 0.280 e. The van der Waals surface area contributed by atoms with Crippen molar-refractivity contribution in [2.45, 2.75) is 19.8 Å². The van der Waals surface area contributed by atoms with E-state index in [-0.39, 0.29) is 17.0 Å². The number of nitrogens with zero attached hydrogens (tertiary/aromatic N) is 1. The first-order valence-electron chi connectivity index (χ1n) is 6.91. The third-order valence-electron chi connectivity index (χ3n) is 3.48. The van der Waals surface area contributed by atoms with Crippen molar-refractivity contribution in [3.8, 4) is 5.75 Å². The first kappa shape index (κ1) is 15.7. The molecule has 0 amide bonds. The van der Waals surface area contributed by atoms with Crippen LogP contribution in [0.25, 0.3) is 0 Å². The lowest BCUT2D eigenvalue weighted by molar-refractivity contribution is -0.385. The highest BCUT2D eigenvalue weighted by molar-refractivity contribution is 6.11. The van der Waals surface area contributed by atoms with Gasteiger partial charge in [-0.15, -0.1) is 0 Å². The van der Waals surface area contributed by atoms with Crippen LogP contribution in [0.5, 0.6) is 5.75 Å². The number of carbonyl (C=O) groups excluding carboxylic acids is 1. The Balaban J connectivity index is 2.45. The number of hydrogen-bond acceptors (Lipinski definition) is 4. The maximum absolute atomic E-state index is 12.6. The fraction of sp³-hybridized carbons (Fsp3) is 0.235. The van der Waals surface area contributed by atoms with Crippen LogP contribution < -0.4 is 4.74 Å². The predicted molar refractivity (Wildman–Crippen MR) is 83.6 cm³/mol. The summed E-state index contributed by atoms with van der Waals surface area (Å²) in [4.78, 5) is 23.1. The van der Waals surface area contributed by atoms with Gasteiger partial charge in [0.2, 0.25) is 0 Å². The Bertz CT molecular complexity index is 705. The van der Waals surface area contributed by atoms with E-state index < -0.39 is 4.92 Å². The lowest BCUT2D eigenvalue weighted by atomic mass is 9.97. The molecule has 5 nitrogen and oxygen atoms in total. The Morgan fingerprint density at radius 2 is 1.77 bits per heavy atom. The molecular formula is C17H17NO4. The Morgan fingerprint density at radius 1 is 1.14 bits per heavy atom. The van der Waals surface area contributed by atoms with Crippen molar-refractivity contribution in [1.82, 2.24) is 0 Å². The zero-order valence-electron chi connectivity index (χ0n) is 12.7. The maximum atomic E-state index is 12.6. The van der Waals surface area contributed by atoms with Crippen LogP contribution in [0.3, 0.4) is 0 Å². The minimum Gasteiger partial charge on any atom is -0.497 e.